The van der Waals surface area contributed by atoms with Crippen LogP contribution in [0.4, 0.5) is 0 Å². The Balaban J connectivity index is 1.37. The standard InChI is InChI=1S/C20H15ClN4O2/c21-13-4-7-24-11-14(23-18(24)10-13)5-8-25-12-17-15(19-22-6-9-27-19)2-1-3-16(17)20(25)26/h1-4,6-7,9-11H,5,8,12H2. The Labute approximate surface area is 160 Å². The number of fused-ring (bicyclic) bond motifs is 2. The highest BCUT2D eigenvalue weighted by Crippen LogP contribution is 2.32. The summed E-state index contributed by atoms with van der Waals surface area (Å²) in [5.74, 6) is 0.573. The van der Waals surface area contributed by atoms with Crippen LogP contribution in [-0.4, -0.2) is 31.7 Å². The topological polar surface area (TPSA) is 63.6 Å². The third-order valence-electron chi connectivity index (χ3n) is 4.82. The van der Waals surface area contributed by atoms with Crippen molar-refractivity contribution >= 4 is 23.2 Å². The SMILES string of the molecule is O=C1c2cccc(-c3ncco3)c2CN1CCc1cn2ccc(Cl)cc2n1. The van der Waals surface area contributed by atoms with Gasteiger partial charge in [0.05, 0.1) is 11.9 Å². The van der Waals surface area contributed by atoms with E-state index in [1.54, 1.807) is 12.5 Å². The van der Waals surface area contributed by atoms with E-state index in [4.69, 9.17) is 16.0 Å². The number of rotatable bonds is 4. The first-order valence-electron chi connectivity index (χ1n) is 8.63. The van der Waals surface area contributed by atoms with Crippen molar-refractivity contribution in [2.75, 3.05) is 6.54 Å². The van der Waals surface area contributed by atoms with E-state index < -0.39 is 0 Å². The summed E-state index contributed by atoms with van der Waals surface area (Å²) in [6.45, 7) is 1.14. The van der Waals surface area contributed by atoms with Gasteiger partial charge in [0.2, 0.25) is 5.89 Å². The van der Waals surface area contributed by atoms with E-state index in [0.29, 0.717) is 36.0 Å². The first-order chi connectivity index (χ1) is 13.2. The van der Waals surface area contributed by atoms with Gasteiger partial charge in [0, 0.05) is 48.1 Å². The van der Waals surface area contributed by atoms with Gasteiger partial charge in [-0.15, -0.1) is 0 Å². The molecule has 0 bridgehead atoms. The van der Waals surface area contributed by atoms with Crippen molar-refractivity contribution < 1.29 is 9.21 Å². The lowest BCUT2D eigenvalue weighted by Crippen LogP contribution is -2.26. The van der Waals surface area contributed by atoms with Crippen LogP contribution in [0.1, 0.15) is 21.6 Å². The smallest absolute Gasteiger partial charge is 0.254 e. The van der Waals surface area contributed by atoms with Gasteiger partial charge in [-0.3, -0.25) is 4.79 Å². The Morgan fingerprint density at radius 1 is 1.22 bits per heavy atom. The maximum Gasteiger partial charge on any atom is 0.254 e. The molecule has 0 N–H and O–H groups in total. The summed E-state index contributed by atoms with van der Waals surface area (Å²) in [7, 11) is 0. The minimum atomic E-state index is 0.0326. The predicted molar refractivity (Wildman–Crippen MR) is 101 cm³/mol. The Morgan fingerprint density at radius 2 is 2.11 bits per heavy atom. The van der Waals surface area contributed by atoms with Crippen molar-refractivity contribution in [3.05, 3.63) is 77.0 Å². The second-order valence-corrected chi connectivity index (χ2v) is 6.92. The fraction of sp³-hybridized carbons (Fsp3) is 0.150. The highest BCUT2D eigenvalue weighted by Gasteiger charge is 2.30. The van der Waals surface area contributed by atoms with E-state index in [-0.39, 0.29) is 5.91 Å². The number of hydrogen-bond donors (Lipinski definition) is 0. The highest BCUT2D eigenvalue weighted by molar-refractivity contribution is 6.30. The average molecular weight is 379 g/mol. The van der Waals surface area contributed by atoms with Gasteiger partial charge in [0.15, 0.2) is 0 Å². The molecule has 5 rings (SSSR count). The molecule has 0 saturated heterocycles. The molecule has 6 nitrogen and oxygen atoms in total. The Morgan fingerprint density at radius 3 is 2.96 bits per heavy atom. The first kappa shape index (κ1) is 16.1. The van der Waals surface area contributed by atoms with Crippen molar-refractivity contribution in [1.82, 2.24) is 19.3 Å². The number of hydrogen-bond acceptors (Lipinski definition) is 4. The maximum absolute atomic E-state index is 12.8. The number of carbonyl (C=O) groups is 1. The number of oxazole rings is 1. The number of carbonyl (C=O) groups excluding carboxylic acids is 1. The summed E-state index contributed by atoms with van der Waals surface area (Å²) in [6, 6.07) is 9.31. The molecule has 1 amide bonds. The lowest BCUT2D eigenvalue weighted by Gasteiger charge is -2.14. The fourth-order valence-corrected chi connectivity index (χ4v) is 3.66. The maximum atomic E-state index is 12.8. The first-order valence-corrected chi connectivity index (χ1v) is 9.01. The zero-order valence-corrected chi connectivity index (χ0v) is 15.1. The normalized spacial score (nSPS) is 13.5. The number of nitrogens with zero attached hydrogens (tertiary/aromatic N) is 4. The van der Waals surface area contributed by atoms with Gasteiger partial charge in [-0.1, -0.05) is 17.7 Å². The second-order valence-electron chi connectivity index (χ2n) is 6.49. The minimum absolute atomic E-state index is 0.0326. The molecule has 7 heteroatoms. The Kier molecular flexibility index (Phi) is 3.72. The van der Waals surface area contributed by atoms with Crippen LogP contribution in [0.15, 0.2) is 59.6 Å². The van der Waals surface area contributed by atoms with Gasteiger partial charge >= 0.3 is 0 Å². The molecule has 1 aliphatic rings. The van der Waals surface area contributed by atoms with Crippen LogP contribution in [0, 0.1) is 0 Å². The molecule has 1 aromatic carbocycles. The van der Waals surface area contributed by atoms with Gasteiger partial charge in [-0.25, -0.2) is 9.97 Å². The summed E-state index contributed by atoms with van der Waals surface area (Å²) in [5, 5.41) is 0.656. The molecule has 0 fully saturated rings. The lowest BCUT2D eigenvalue weighted by atomic mass is 10.0. The summed E-state index contributed by atoms with van der Waals surface area (Å²) in [4.78, 5) is 23.4. The zero-order chi connectivity index (χ0) is 18.4. The van der Waals surface area contributed by atoms with Crippen molar-refractivity contribution in [3.8, 4) is 11.5 Å². The number of halogens is 1. The summed E-state index contributed by atoms with van der Waals surface area (Å²) in [6.07, 6.45) is 7.68. The van der Waals surface area contributed by atoms with Crippen LogP contribution in [-0.2, 0) is 13.0 Å². The van der Waals surface area contributed by atoms with Crippen LogP contribution in [0.3, 0.4) is 0 Å². The molecule has 0 atom stereocenters. The summed E-state index contributed by atoms with van der Waals surface area (Å²) >= 11 is 6.02. The number of benzene rings is 1. The highest BCUT2D eigenvalue weighted by atomic mass is 35.5. The molecule has 27 heavy (non-hydrogen) atoms. The summed E-state index contributed by atoms with van der Waals surface area (Å²) < 4.78 is 7.36. The number of aromatic nitrogens is 3. The molecule has 0 aliphatic carbocycles. The zero-order valence-electron chi connectivity index (χ0n) is 14.3. The monoisotopic (exact) mass is 378 g/mol. The van der Waals surface area contributed by atoms with Crippen LogP contribution in [0.25, 0.3) is 17.1 Å². The van der Waals surface area contributed by atoms with Gasteiger partial charge in [-0.2, -0.15) is 0 Å². The fourth-order valence-electron chi connectivity index (χ4n) is 3.51. The van der Waals surface area contributed by atoms with E-state index >= 15 is 0 Å². The van der Waals surface area contributed by atoms with Crippen molar-refractivity contribution in [1.29, 1.82) is 0 Å². The molecule has 1 aliphatic heterocycles. The largest absolute Gasteiger partial charge is 0.445 e. The predicted octanol–water partition coefficient (Wildman–Crippen LogP) is 3.84. The van der Waals surface area contributed by atoms with Crippen LogP contribution < -0.4 is 0 Å². The van der Waals surface area contributed by atoms with Gasteiger partial charge in [0.1, 0.15) is 11.9 Å². The lowest BCUT2D eigenvalue weighted by molar-refractivity contribution is 0.0780. The molecule has 4 heterocycles. The molecule has 0 unspecified atom stereocenters. The van der Waals surface area contributed by atoms with Gasteiger partial charge < -0.3 is 13.7 Å². The number of pyridine rings is 1. The van der Waals surface area contributed by atoms with Gasteiger partial charge in [-0.05, 0) is 29.8 Å². The molecular formula is C20H15ClN4O2. The van der Waals surface area contributed by atoms with Crippen LogP contribution in [0.2, 0.25) is 5.02 Å². The molecule has 134 valence electrons. The van der Waals surface area contributed by atoms with Crippen LogP contribution in [0.5, 0.6) is 0 Å². The third kappa shape index (κ3) is 2.78. The van der Waals surface area contributed by atoms with Crippen molar-refractivity contribution in [3.63, 3.8) is 0 Å². The Bertz CT molecular complexity index is 1150. The number of imidazole rings is 1. The molecule has 0 spiro atoms. The minimum Gasteiger partial charge on any atom is -0.445 e. The second kappa shape index (κ2) is 6.25. The average Bonchev–Trinajstić information content (AvgIpc) is 3.39. The third-order valence-corrected chi connectivity index (χ3v) is 5.05. The van der Waals surface area contributed by atoms with Crippen molar-refractivity contribution in [2.45, 2.75) is 13.0 Å². The molecular weight excluding hydrogens is 364 g/mol. The molecule has 0 radical (unpaired) electrons. The summed E-state index contributed by atoms with van der Waals surface area (Å²) in [5.41, 5.74) is 4.28. The molecule has 3 aromatic heterocycles. The van der Waals surface area contributed by atoms with E-state index in [1.165, 1.54) is 0 Å². The van der Waals surface area contributed by atoms with E-state index in [9.17, 15) is 4.79 Å². The quantitative estimate of drug-likeness (QED) is 0.541. The molecule has 4 aromatic rings. The van der Waals surface area contributed by atoms with E-state index in [1.807, 2.05) is 52.0 Å². The molecule has 0 saturated carbocycles. The van der Waals surface area contributed by atoms with E-state index in [2.05, 4.69) is 9.97 Å². The van der Waals surface area contributed by atoms with E-state index in [0.717, 1.165) is 22.5 Å². The van der Waals surface area contributed by atoms with Crippen molar-refractivity contribution in [2.24, 2.45) is 0 Å². The number of amides is 1. The van der Waals surface area contributed by atoms with Crippen LogP contribution >= 0.6 is 11.6 Å². The Hall–Kier alpha value is -3.12. The van der Waals surface area contributed by atoms with Gasteiger partial charge in [0.25, 0.3) is 5.91 Å².